The van der Waals surface area contributed by atoms with E-state index in [0.29, 0.717) is 0 Å². The fourth-order valence-corrected chi connectivity index (χ4v) is 0. The van der Waals surface area contributed by atoms with Crippen LogP contribution in [-0.4, -0.2) is 17.2 Å². The fourth-order valence-electron chi connectivity index (χ4n) is 0. The second-order valence-corrected chi connectivity index (χ2v) is 0.920. The van der Waals surface area contributed by atoms with Gasteiger partial charge in [0.05, 0.1) is 9.30 Å². The molecule has 0 aromatic rings. The quantitative estimate of drug-likeness (QED) is 0.535. The van der Waals surface area contributed by atoms with Crippen molar-refractivity contribution in [2.24, 2.45) is 5.73 Å². The lowest BCUT2D eigenvalue weighted by Gasteiger charge is -2.12. The second kappa shape index (κ2) is 3.24. The molecule has 7 heavy (non-hydrogen) atoms. The van der Waals surface area contributed by atoms with Crippen LogP contribution in [0.1, 0.15) is 24.7 Å². The van der Waals surface area contributed by atoms with Crippen molar-refractivity contribution in [1.29, 1.82) is 0 Å². The number of aliphatic hydroxyl groups is 1. The zero-order chi connectivity index (χ0) is 12.0. The topological polar surface area (TPSA) is 46.2 Å². The summed E-state index contributed by atoms with van der Waals surface area (Å²) in [7, 11) is 0. The van der Waals surface area contributed by atoms with Crippen molar-refractivity contribution < 1.29 is 16.1 Å². The van der Waals surface area contributed by atoms with Crippen molar-refractivity contribution >= 4 is 12.4 Å². The van der Waals surface area contributed by atoms with Crippen LogP contribution in [0.4, 0.5) is 0 Å². The van der Waals surface area contributed by atoms with Crippen molar-refractivity contribution in [1.82, 2.24) is 0 Å². The molecule has 0 aliphatic heterocycles. The van der Waals surface area contributed by atoms with Crippen molar-refractivity contribution in [2.75, 3.05) is 6.56 Å². The molecule has 0 bridgehead atoms. The summed E-state index contributed by atoms with van der Waals surface area (Å²) in [6, 6.07) is 0. The molecule has 0 aromatic carbocycles. The van der Waals surface area contributed by atoms with E-state index in [0.717, 1.165) is 0 Å². The van der Waals surface area contributed by atoms with Gasteiger partial charge in [0, 0.05) is 13.8 Å². The molecule has 0 unspecified atom stereocenters. The zero-order valence-corrected chi connectivity index (χ0v) is 4.25. The van der Waals surface area contributed by atoms with Crippen LogP contribution < -0.4 is 5.73 Å². The first-order valence-corrected chi connectivity index (χ1v) is 1.26. The molecular weight excluding hydrogens is 114 g/mol. The monoisotopic (exact) mass is 133 g/mol. The summed E-state index contributed by atoms with van der Waals surface area (Å²) in [4.78, 5) is 0. The van der Waals surface area contributed by atoms with Crippen LogP contribution in [0.5, 0.6) is 0 Å². The second-order valence-electron chi connectivity index (χ2n) is 0.920. The Kier molecular flexibility index (Phi) is 0.738. The van der Waals surface area contributed by atoms with Crippen molar-refractivity contribution in [2.45, 2.75) is 19.2 Å². The number of halogens is 1. The van der Waals surface area contributed by atoms with Gasteiger partial charge in [0.1, 0.15) is 0 Å². The highest BCUT2D eigenvalue weighted by Gasteiger charge is 2.05. The minimum Gasteiger partial charge on any atom is -0.394 e. The summed E-state index contributed by atoms with van der Waals surface area (Å²) in [6.45, 7) is -10.2. The molecule has 0 saturated heterocycles. The van der Waals surface area contributed by atoms with Gasteiger partial charge in [0.15, 0.2) is 0 Å². The van der Waals surface area contributed by atoms with E-state index in [-0.39, 0.29) is 12.4 Å². The minimum absolute atomic E-state index is 0. The van der Waals surface area contributed by atoms with Crippen LogP contribution in [0.2, 0.25) is 0 Å². The summed E-state index contributed by atoms with van der Waals surface area (Å²) in [6.07, 6.45) is 0. The molecule has 0 amide bonds. The normalized spacial score (nSPS) is 32.9. The first kappa shape index (κ1) is 1.59. The third kappa shape index (κ3) is 10.7. The van der Waals surface area contributed by atoms with E-state index in [2.05, 4.69) is 0 Å². The van der Waals surface area contributed by atoms with E-state index in [1.54, 1.807) is 0 Å². The van der Waals surface area contributed by atoms with Crippen LogP contribution in [0.25, 0.3) is 0 Å². The third-order valence-electron chi connectivity index (χ3n) is 0.176. The Bertz CT molecular complexity index is 180. The maximum Gasteiger partial charge on any atom is 0.0605 e. The highest BCUT2D eigenvalue weighted by molar-refractivity contribution is 5.85. The van der Waals surface area contributed by atoms with Gasteiger partial charge in [-0.1, -0.05) is 0 Å². The van der Waals surface area contributed by atoms with Gasteiger partial charge in [0.25, 0.3) is 0 Å². The van der Waals surface area contributed by atoms with E-state index in [9.17, 15) is 0 Å². The summed E-state index contributed by atoms with van der Waals surface area (Å²) in [5.41, 5.74) is 1.68. The van der Waals surface area contributed by atoms with E-state index in [4.69, 9.17) is 21.8 Å². The van der Waals surface area contributed by atoms with E-state index >= 15 is 0 Å². The van der Waals surface area contributed by atoms with Crippen LogP contribution in [-0.2, 0) is 0 Å². The van der Waals surface area contributed by atoms with E-state index < -0.39 is 25.8 Å². The Labute approximate surface area is 61.4 Å². The van der Waals surface area contributed by atoms with Crippen molar-refractivity contribution in [3.8, 4) is 0 Å². The first-order chi connectivity index (χ1) is 5.75. The third-order valence-corrected chi connectivity index (χ3v) is 0.176. The molecule has 0 rings (SSSR count). The molecule has 0 aliphatic carbocycles. The fraction of sp³-hybridized carbons (Fsp3) is 1.00. The summed E-state index contributed by atoms with van der Waals surface area (Å²) in [5, 5.41) is 8.90. The van der Waals surface area contributed by atoms with E-state index in [1.165, 1.54) is 0 Å². The standard InChI is InChI=1S/C4H11NO.ClH/c1-4(2,5)3-6;/h6H,3,5H2,1-2H3;1H/i1D3,2D3,3D2;. The maximum absolute atomic E-state index is 8.90. The molecule has 0 heterocycles. The molecule has 2 nitrogen and oxygen atoms in total. The Morgan fingerprint density at radius 2 is 2.43 bits per heavy atom. The van der Waals surface area contributed by atoms with Crippen LogP contribution in [0.15, 0.2) is 0 Å². The molecule has 46 valence electrons. The Hall–Kier alpha value is 0.210. The molecule has 0 saturated carbocycles. The number of nitrogens with two attached hydrogens (primary N) is 1. The average Bonchev–Trinajstić information content (AvgIpc) is 1.77. The van der Waals surface area contributed by atoms with E-state index in [1.807, 2.05) is 0 Å². The molecule has 0 atom stereocenters. The van der Waals surface area contributed by atoms with Gasteiger partial charge in [0.2, 0.25) is 0 Å². The highest BCUT2D eigenvalue weighted by atomic mass is 35.5. The lowest BCUT2D eigenvalue weighted by atomic mass is 10.1. The zero-order valence-electron chi connectivity index (χ0n) is 11.4. The predicted molar refractivity (Wildman–Crippen MR) is 32.6 cm³/mol. The summed E-state index contributed by atoms with van der Waals surface area (Å²) >= 11 is 0. The number of hydrogen-bond acceptors (Lipinski definition) is 2. The number of rotatable bonds is 1. The Morgan fingerprint density at radius 1 is 2.00 bits per heavy atom. The molecule has 3 N–H and O–H groups in total. The van der Waals surface area contributed by atoms with Crippen LogP contribution in [0.3, 0.4) is 0 Å². The molecule has 3 heteroatoms. The first-order valence-electron chi connectivity index (χ1n) is 5.26. The van der Waals surface area contributed by atoms with Gasteiger partial charge in [-0.15, -0.1) is 12.4 Å². The van der Waals surface area contributed by atoms with Gasteiger partial charge < -0.3 is 10.8 Å². The smallest absolute Gasteiger partial charge is 0.0605 e. The molecule has 0 spiro atoms. The van der Waals surface area contributed by atoms with Crippen LogP contribution >= 0.6 is 12.4 Å². The largest absolute Gasteiger partial charge is 0.394 e. The van der Waals surface area contributed by atoms with Crippen molar-refractivity contribution in [3.63, 3.8) is 0 Å². The predicted octanol–water partition coefficient (Wildman–Crippen LogP) is 0.138. The van der Waals surface area contributed by atoms with Crippen molar-refractivity contribution in [3.05, 3.63) is 0 Å². The van der Waals surface area contributed by atoms with Gasteiger partial charge in [-0.2, -0.15) is 0 Å². The van der Waals surface area contributed by atoms with Gasteiger partial charge in [-0.05, 0) is 13.7 Å². The van der Waals surface area contributed by atoms with Gasteiger partial charge in [-0.25, -0.2) is 0 Å². The van der Waals surface area contributed by atoms with Crippen LogP contribution in [0, 0.1) is 0 Å². The molecule has 0 aromatic heterocycles. The Balaban J connectivity index is 0. The number of hydrogen-bond donors (Lipinski definition) is 2. The van der Waals surface area contributed by atoms with Gasteiger partial charge >= 0.3 is 0 Å². The maximum atomic E-state index is 8.90. The Morgan fingerprint density at radius 3 is 2.43 bits per heavy atom. The lowest BCUT2D eigenvalue weighted by Crippen LogP contribution is -2.35. The lowest BCUT2D eigenvalue weighted by molar-refractivity contribution is 0.221. The minimum atomic E-state index is -3.52. The highest BCUT2D eigenvalue weighted by Crippen LogP contribution is 1.89. The average molecular weight is 134 g/mol. The van der Waals surface area contributed by atoms with Gasteiger partial charge in [-0.3, -0.25) is 0 Å². The summed E-state index contributed by atoms with van der Waals surface area (Å²) < 4.78 is 54.6. The molecular formula is C4H12ClNO. The molecule has 0 aliphatic rings. The SMILES string of the molecule is Cl.[2H]C([2H])([2H])C(N)(C([2H])([2H])[2H])C([2H])([2H])O. The molecule has 0 radical (unpaired) electrons. The summed E-state index contributed by atoms with van der Waals surface area (Å²) in [5.74, 6) is 0. The molecule has 0 fully saturated rings.